The Kier molecular flexibility index (Phi) is 5.79. The molecule has 2 amide bonds. The molecule has 0 aromatic rings. The molecule has 4 heteroatoms. The fraction of sp³-hybridized carbons (Fsp3) is 0.783. The molecule has 0 aromatic heterocycles. The SMILES string of the molecule is C=C1N(CC2CCCCC2)C(=C)N(CC2CC2)C(=O)N1CC1CCCCC1. The fourth-order valence-electron chi connectivity index (χ4n) is 5.20. The van der Waals surface area contributed by atoms with Gasteiger partial charge in [0, 0.05) is 19.6 Å². The van der Waals surface area contributed by atoms with Gasteiger partial charge >= 0.3 is 6.03 Å². The van der Waals surface area contributed by atoms with Gasteiger partial charge in [0.15, 0.2) is 0 Å². The zero-order valence-electron chi connectivity index (χ0n) is 17.0. The maximum absolute atomic E-state index is 13.3. The molecule has 0 bridgehead atoms. The summed E-state index contributed by atoms with van der Waals surface area (Å²) in [6.07, 6.45) is 15.6. The number of hydrogen-bond acceptors (Lipinski definition) is 2. The molecule has 150 valence electrons. The molecule has 0 spiro atoms. The zero-order valence-corrected chi connectivity index (χ0v) is 17.0. The third-order valence-electron chi connectivity index (χ3n) is 7.18. The molecule has 3 aliphatic carbocycles. The molecule has 27 heavy (non-hydrogen) atoms. The van der Waals surface area contributed by atoms with E-state index in [2.05, 4.69) is 18.1 Å². The van der Waals surface area contributed by atoms with Gasteiger partial charge in [-0.2, -0.15) is 0 Å². The first-order valence-corrected chi connectivity index (χ1v) is 11.4. The molecular weight excluding hydrogens is 334 g/mol. The molecule has 0 N–H and O–H groups in total. The van der Waals surface area contributed by atoms with E-state index in [9.17, 15) is 4.79 Å². The molecule has 4 nitrogen and oxygen atoms in total. The van der Waals surface area contributed by atoms with Crippen LogP contribution in [0.4, 0.5) is 4.79 Å². The van der Waals surface area contributed by atoms with Crippen molar-refractivity contribution in [1.82, 2.24) is 14.7 Å². The lowest BCUT2D eigenvalue weighted by molar-refractivity contribution is 0.0922. The minimum atomic E-state index is 0.127. The van der Waals surface area contributed by atoms with Gasteiger partial charge in [-0.05, 0) is 56.3 Å². The number of nitrogens with zero attached hydrogens (tertiary/aromatic N) is 3. The Morgan fingerprint density at radius 1 is 0.593 bits per heavy atom. The highest BCUT2D eigenvalue weighted by Gasteiger charge is 2.40. The van der Waals surface area contributed by atoms with Gasteiger partial charge in [-0.15, -0.1) is 0 Å². The van der Waals surface area contributed by atoms with Crippen molar-refractivity contribution >= 4 is 6.03 Å². The van der Waals surface area contributed by atoms with Crippen LogP contribution >= 0.6 is 0 Å². The van der Waals surface area contributed by atoms with Crippen molar-refractivity contribution in [2.75, 3.05) is 19.6 Å². The summed E-state index contributed by atoms with van der Waals surface area (Å²) >= 11 is 0. The first kappa shape index (κ1) is 18.9. The van der Waals surface area contributed by atoms with Gasteiger partial charge in [-0.25, -0.2) is 4.79 Å². The van der Waals surface area contributed by atoms with Crippen LogP contribution in [0.1, 0.15) is 77.0 Å². The summed E-state index contributed by atoms with van der Waals surface area (Å²) in [4.78, 5) is 19.6. The third-order valence-corrected chi connectivity index (χ3v) is 7.18. The Bertz CT molecular complexity index is 528. The number of urea groups is 1. The van der Waals surface area contributed by atoms with E-state index in [0.29, 0.717) is 17.8 Å². The predicted octanol–water partition coefficient (Wildman–Crippen LogP) is 5.54. The molecule has 0 radical (unpaired) electrons. The molecule has 1 aliphatic heterocycles. The van der Waals surface area contributed by atoms with E-state index in [4.69, 9.17) is 0 Å². The lowest BCUT2D eigenvalue weighted by Gasteiger charge is -2.48. The van der Waals surface area contributed by atoms with Crippen molar-refractivity contribution in [2.45, 2.75) is 77.0 Å². The molecule has 4 aliphatic rings. The van der Waals surface area contributed by atoms with E-state index < -0.39 is 0 Å². The lowest BCUT2D eigenvalue weighted by atomic mass is 9.88. The van der Waals surface area contributed by atoms with Gasteiger partial charge in [-0.3, -0.25) is 9.80 Å². The highest BCUT2D eigenvalue weighted by Crippen LogP contribution is 2.37. The molecule has 0 atom stereocenters. The predicted molar refractivity (Wildman–Crippen MR) is 110 cm³/mol. The maximum atomic E-state index is 13.3. The summed E-state index contributed by atoms with van der Waals surface area (Å²) in [7, 11) is 0. The Hall–Kier alpha value is -1.45. The van der Waals surface area contributed by atoms with Crippen LogP contribution in [0, 0.1) is 17.8 Å². The Morgan fingerprint density at radius 2 is 0.963 bits per heavy atom. The van der Waals surface area contributed by atoms with E-state index in [1.54, 1.807) is 0 Å². The quantitative estimate of drug-likeness (QED) is 0.613. The molecule has 1 heterocycles. The first-order valence-electron chi connectivity index (χ1n) is 11.4. The monoisotopic (exact) mass is 371 g/mol. The molecular formula is C23H37N3O. The summed E-state index contributed by atoms with van der Waals surface area (Å²) in [5.41, 5.74) is 0. The minimum Gasteiger partial charge on any atom is -0.314 e. The van der Waals surface area contributed by atoms with Crippen LogP contribution in [0.2, 0.25) is 0 Å². The summed E-state index contributed by atoms with van der Waals surface area (Å²) < 4.78 is 0. The van der Waals surface area contributed by atoms with Crippen LogP contribution in [-0.2, 0) is 0 Å². The topological polar surface area (TPSA) is 26.8 Å². The van der Waals surface area contributed by atoms with Gasteiger partial charge < -0.3 is 4.90 Å². The Labute approximate surface area is 165 Å². The van der Waals surface area contributed by atoms with Gasteiger partial charge in [0.2, 0.25) is 0 Å². The standard InChI is InChI=1S/C23H37N3O/c1-18-24(15-20-9-5-3-6-10-20)19(2)26(17-22-13-14-22)23(27)25(18)16-21-11-7-4-8-12-21/h20-22H,1-17H2. The van der Waals surface area contributed by atoms with Crippen molar-refractivity contribution in [2.24, 2.45) is 17.8 Å². The second-order valence-corrected chi connectivity index (χ2v) is 9.40. The van der Waals surface area contributed by atoms with Crippen molar-refractivity contribution in [3.05, 3.63) is 24.8 Å². The van der Waals surface area contributed by atoms with Crippen LogP contribution in [-0.4, -0.2) is 40.4 Å². The zero-order chi connectivity index (χ0) is 18.8. The summed E-state index contributed by atoms with van der Waals surface area (Å²) in [6.45, 7) is 11.4. The summed E-state index contributed by atoms with van der Waals surface area (Å²) in [5.74, 6) is 3.77. The average molecular weight is 372 g/mol. The lowest BCUT2D eigenvalue weighted by Crippen LogP contribution is -2.56. The van der Waals surface area contributed by atoms with Crippen molar-refractivity contribution in [3.63, 3.8) is 0 Å². The Morgan fingerprint density at radius 3 is 1.37 bits per heavy atom. The summed E-state index contributed by atoms with van der Waals surface area (Å²) in [6, 6.07) is 0.127. The van der Waals surface area contributed by atoms with E-state index in [0.717, 1.165) is 31.3 Å². The van der Waals surface area contributed by atoms with Crippen molar-refractivity contribution in [1.29, 1.82) is 0 Å². The van der Waals surface area contributed by atoms with Crippen LogP contribution in [0.5, 0.6) is 0 Å². The smallest absolute Gasteiger partial charge is 0.314 e. The molecule has 0 unspecified atom stereocenters. The maximum Gasteiger partial charge on any atom is 0.331 e. The number of carbonyl (C=O) groups is 1. The van der Waals surface area contributed by atoms with E-state index >= 15 is 0 Å². The normalized spacial score (nSPS) is 26.2. The fourth-order valence-corrected chi connectivity index (χ4v) is 5.20. The van der Waals surface area contributed by atoms with Crippen molar-refractivity contribution in [3.8, 4) is 0 Å². The van der Waals surface area contributed by atoms with Gasteiger partial charge in [0.1, 0.15) is 11.6 Å². The van der Waals surface area contributed by atoms with Gasteiger partial charge in [-0.1, -0.05) is 51.7 Å². The van der Waals surface area contributed by atoms with Crippen LogP contribution < -0.4 is 0 Å². The Balaban J connectivity index is 1.50. The molecule has 0 aromatic carbocycles. The van der Waals surface area contributed by atoms with Crippen molar-refractivity contribution < 1.29 is 4.79 Å². The molecule has 1 saturated heterocycles. The van der Waals surface area contributed by atoms with Crippen LogP contribution in [0.3, 0.4) is 0 Å². The second kappa shape index (κ2) is 8.28. The highest BCUT2D eigenvalue weighted by molar-refractivity contribution is 5.79. The highest BCUT2D eigenvalue weighted by atomic mass is 16.2. The van der Waals surface area contributed by atoms with Crippen LogP contribution in [0.25, 0.3) is 0 Å². The van der Waals surface area contributed by atoms with Crippen LogP contribution in [0.15, 0.2) is 24.8 Å². The molecule has 4 rings (SSSR count). The molecule has 3 saturated carbocycles. The summed E-state index contributed by atoms with van der Waals surface area (Å²) in [5, 5.41) is 0. The number of rotatable bonds is 6. The molecule has 4 fully saturated rings. The number of carbonyl (C=O) groups excluding carboxylic acids is 1. The van der Waals surface area contributed by atoms with Gasteiger partial charge in [0.25, 0.3) is 0 Å². The van der Waals surface area contributed by atoms with E-state index in [1.165, 1.54) is 77.0 Å². The minimum absolute atomic E-state index is 0.127. The van der Waals surface area contributed by atoms with E-state index in [-0.39, 0.29) is 6.03 Å². The third kappa shape index (κ3) is 4.35. The second-order valence-electron chi connectivity index (χ2n) is 9.40. The number of hydrogen-bond donors (Lipinski definition) is 0. The average Bonchev–Trinajstić information content (AvgIpc) is 3.52. The largest absolute Gasteiger partial charge is 0.331 e. The number of amides is 2. The van der Waals surface area contributed by atoms with E-state index in [1.807, 2.05) is 9.80 Å². The van der Waals surface area contributed by atoms with Gasteiger partial charge in [0.05, 0.1) is 0 Å². The first-order chi connectivity index (χ1) is 13.1.